The summed E-state index contributed by atoms with van der Waals surface area (Å²) in [6.07, 6.45) is -0.102. The highest BCUT2D eigenvalue weighted by Crippen LogP contribution is 2.42. The van der Waals surface area contributed by atoms with E-state index in [9.17, 15) is 19.1 Å². The van der Waals surface area contributed by atoms with Crippen molar-refractivity contribution in [1.82, 2.24) is 4.90 Å². The van der Waals surface area contributed by atoms with E-state index in [0.29, 0.717) is 17.1 Å². The second-order valence-electron chi connectivity index (χ2n) is 8.86. The molecule has 8 heteroatoms. The predicted molar refractivity (Wildman–Crippen MR) is 136 cm³/mol. The van der Waals surface area contributed by atoms with Crippen molar-refractivity contribution in [3.05, 3.63) is 94.8 Å². The number of carbonyl (C=O) groups excluding carboxylic acids is 2. The summed E-state index contributed by atoms with van der Waals surface area (Å²) in [6, 6.07) is 16.8. The molecule has 37 heavy (non-hydrogen) atoms. The topological polar surface area (TPSA) is 85.3 Å². The van der Waals surface area contributed by atoms with E-state index < -0.39 is 29.3 Å². The molecular weight excluding hydrogens is 477 g/mol. The molecule has 1 unspecified atom stereocenters. The summed E-state index contributed by atoms with van der Waals surface area (Å²) in [5.41, 5.74) is 1.08. The molecule has 0 saturated carbocycles. The van der Waals surface area contributed by atoms with Crippen LogP contribution in [0.3, 0.4) is 0 Å². The van der Waals surface area contributed by atoms with E-state index >= 15 is 0 Å². The van der Waals surface area contributed by atoms with Crippen molar-refractivity contribution in [3.8, 4) is 17.2 Å². The van der Waals surface area contributed by atoms with Crippen molar-refractivity contribution in [2.75, 3.05) is 14.2 Å². The number of hydrogen-bond donors (Lipinski definition) is 1. The lowest BCUT2D eigenvalue weighted by Crippen LogP contribution is -2.29. The number of hydrogen-bond acceptors (Lipinski definition) is 6. The number of likely N-dealkylation sites (tertiary alicyclic amines) is 1. The van der Waals surface area contributed by atoms with Gasteiger partial charge in [0.15, 0.2) is 0 Å². The van der Waals surface area contributed by atoms with Gasteiger partial charge in [0.2, 0.25) is 0 Å². The maximum atomic E-state index is 14.2. The van der Waals surface area contributed by atoms with Gasteiger partial charge in [0, 0.05) is 6.54 Å². The van der Waals surface area contributed by atoms with Crippen LogP contribution in [0.2, 0.25) is 0 Å². The van der Waals surface area contributed by atoms with Gasteiger partial charge < -0.3 is 24.2 Å². The van der Waals surface area contributed by atoms with Crippen molar-refractivity contribution in [2.45, 2.75) is 32.5 Å². The van der Waals surface area contributed by atoms with Gasteiger partial charge in [0.25, 0.3) is 11.7 Å². The minimum Gasteiger partial charge on any atom is -0.507 e. The highest BCUT2D eigenvalue weighted by atomic mass is 19.1. The molecule has 0 bridgehead atoms. The largest absolute Gasteiger partial charge is 0.507 e. The normalized spacial score (nSPS) is 16.8. The number of methoxy groups -OCH3 is 2. The van der Waals surface area contributed by atoms with Crippen LogP contribution in [-0.2, 0) is 16.1 Å². The Balaban J connectivity index is 1.90. The predicted octanol–water partition coefficient (Wildman–Crippen LogP) is 5.25. The van der Waals surface area contributed by atoms with Crippen molar-refractivity contribution in [2.24, 2.45) is 0 Å². The lowest BCUT2D eigenvalue weighted by atomic mass is 9.94. The van der Waals surface area contributed by atoms with Crippen LogP contribution in [0.1, 0.15) is 36.6 Å². The lowest BCUT2D eigenvalue weighted by molar-refractivity contribution is -0.140. The summed E-state index contributed by atoms with van der Waals surface area (Å²) in [7, 11) is 2.91. The number of aliphatic hydroxyl groups is 1. The molecular formula is C29H28FNO6. The van der Waals surface area contributed by atoms with E-state index in [1.165, 1.54) is 31.3 Å². The number of Topliss-reactive ketones (excluding diaryl/α,β-unsaturated/α-hetero) is 1. The van der Waals surface area contributed by atoms with Crippen LogP contribution in [0.25, 0.3) is 5.76 Å². The van der Waals surface area contributed by atoms with Gasteiger partial charge in [-0.3, -0.25) is 9.59 Å². The lowest BCUT2D eigenvalue weighted by Gasteiger charge is -2.26. The van der Waals surface area contributed by atoms with E-state index in [2.05, 4.69) is 0 Å². The average Bonchev–Trinajstić information content (AvgIpc) is 3.13. The summed E-state index contributed by atoms with van der Waals surface area (Å²) in [5.74, 6) is -1.52. The summed E-state index contributed by atoms with van der Waals surface area (Å²) in [6.45, 7) is 3.84. The molecule has 0 aliphatic carbocycles. The Bertz CT molecular complexity index is 1370. The minimum absolute atomic E-state index is 0.0264. The molecule has 1 amide bonds. The summed E-state index contributed by atoms with van der Waals surface area (Å²) in [4.78, 5) is 28.1. The number of ether oxygens (including phenoxy) is 3. The Morgan fingerprint density at radius 3 is 2.41 bits per heavy atom. The van der Waals surface area contributed by atoms with Crippen LogP contribution in [0.5, 0.6) is 17.2 Å². The van der Waals surface area contributed by atoms with Crippen LogP contribution >= 0.6 is 0 Å². The van der Waals surface area contributed by atoms with Gasteiger partial charge in [-0.1, -0.05) is 24.3 Å². The van der Waals surface area contributed by atoms with Gasteiger partial charge in [-0.05, 0) is 67.4 Å². The highest BCUT2D eigenvalue weighted by Gasteiger charge is 2.46. The number of aliphatic hydroxyl groups excluding tert-OH is 1. The zero-order valence-corrected chi connectivity index (χ0v) is 21.0. The van der Waals surface area contributed by atoms with E-state index in [0.717, 1.165) is 11.6 Å². The quantitative estimate of drug-likeness (QED) is 0.256. The third kappa shape index (κ3) is 5.28. The van der Waals surface area contributed by atoms with Crippen molar-refractivity contribution >= 4 is 17.4 Å². The summed E-state index contributed by atoms with van der Waals surface area (Å²) >= 11 is 0. The van der Waals surface area contributed by atoms with Crippen molar-refractivity contribution in [3.63, 3.8) is 0 Å². The molecule has 0 radical (unpaired) electrons. The Labute approximate surface area is 214 Å². The van der Waals surface area contributed by atoms with Crippen molar-refractivity contribution < 1.29 is 33.3 Å². The molecule has 4 rings (SSSR count). The van der Waals surface area contributed by atoms with E-state index in [4.69, 9.17) is 14.2 Å². The molecule has 1 aliphatic heterocycles. The zero-order valence-electron chi connectivity index (χ0n) is 21.0. The summed E-state index contributed by atoms with van der Waals surface area (Å²) < 4.78 is 30.6. The molecule has 0 spiro atoms. The molecule has 192 valence electrons. The first-order valence-electron chi connectivity index (χ1n) is 11.7. The fourth-order valence-electron chi connectivity index (χ4n) is 4.40. The fraction of sp³-hybridized carbons (Fsp3) is 0.241. The van der Waals surface area contributed by atoms with Crippen LogP contribution in [0, 0.1) is 5.82 Å². The van der Waals surface area contributed by atoms with Crippen LogP contribution in [0.4, 0.5) is 4.39 Å². The molecule has 1 N–H and O–H groups in total. The molecule has 1 aliphatic rings. The number of rotatable bonds is 8. The van der Waals surface area contributed by atoms with Gasteiger partial charge in [0.1, 0.15) is 28.8 Å². The van der Waals surface area contributed by atoms with Gasteiger partial charge in [-0.2, -0.15) is 0 Å². The Hall–Kier alpha value is -4.33. The number of carbonyl (C=O) groups is 2. The van der Waals surface area contributed by atoms with E-state index in [-0.39, 0.29) is 29.5 Å². The van der Waals surface area contributed by atoms with E-state index in [1.807, 2.05) is 19.9 Å². The number of benzene rings is 3. The monoisotopic (exact) mass is 505 g/mol. The second-order valence-corrected chi connectivity index (χ2v) is 8.86. The van der Waals surface area contributed by atoms with Crippen LogP contribution in [-0.4, -0.2) is 42.0 Å². The van der Waals surface area contributed by atoms with Gasteiger partial charge in [-0.25, -0.2) is 4.39 Å². The van der Waals surface area contributed by atoms with Gasteiger partial charge in [0.05, 0.1) is 37.5 Å². The number of ketones is 1. The minimum atomic E-state index is -0.963. The third-order valence-electron chi connectivity index (χ3n) is 5.99. The Kier molecular flexibility index (Phi) is 7.47. The standard InChI is InChI=1S/C29H28FNO6/c1-17(2)37-22-10-6-8-19(14-22)26-25(27(32)23-15-20(30)11-12-24(23)36-4)28(33)29(34)31(26)16-18-7-5-9-21(13-18)35-3/h5-15,17,26,32H,16H2,1-4H3/b27-25+. The van der Waals surface area contributed by atoms with E-state index in [1.54, 1.807) is 42.5 Å². The van der Waals surface area contributed by atoms with Crippen molar-refractivity contribution in [1.29, 1.82) is 0 Å². The van der Waals surface area contributed by atoms with Gasteiger partial charge in [-0.15, -0.1) is 0 Å². The maximum absolute atomic E-state index is 14.2. The third-order valence-corrected chi connectivity index (χ3v) is 5.99. The second kappa shape index (κ2) is 10.7. The Morgan fingerprint density at radius 1 is 0.973 bits per heavy atom. The molecule has 1 atom stereocenters. The first-order valence-corrected chi connectivity index (χ1v) is 11.7. The van der Waals surface area contributed by atoms with Crippen LogP contribution < -0.4 is 14.2 Å². The highest BCUT2D eigenvalue weighted by molar-refractivity contribution is 6.46. The molecule has 3 aromatic rings. The Morgan fingerprint density at radius 2 is 1.70 bits per heavy atom. The summed E-state index contributed by atoms with van der Waals surface area (Å²) in [5, 5.41) is 11.3. The molecule has 7 nitrogen and oxygen atoms in total. The molecule has 1 heterocycles. The molecule has 0 aromatic heterocycles. The fourth-order valence-corrected chi connectivity index (χ4v) is 4.40. The molecule has 1 saturated heterocycles. The number of nitrogens with zero attached hydrogens (tertiary/aromatic N) is 1. The first kappa shape index (κ1) is 25.8. The molecule has 1 fully saturated rings. The SMILES string of the molecule is COc1cccc(CN2C(=O)C(=O)/C(=C(/O)c3cc(F)ccc3OC)C2c2cccc(OC(C)C)c2)c1. The number of amides is 1. The average molecular weight is 506 g/mol. The maximum Gasteiger partial charge on any atom is 0.295 e. The zero-order chi connectivity index (χ0) is 26.7. The van der Waals surface area contributed by atoms with Crippen LogP contribution in [0.15, 0.2) is 72.3 Å². The van der Waals surface area contributed by atoms with Gasteiger partial charge >= 0.3 is 0 Å². The number of halogens is 1. The first-order chi connectivity index (χ1) is 17.7. The molecule has 3 aromatic carbocycles. The smallest absolute Gasteiger partial charge is 0.295 e.